The van der Waals surface area contributed by atoms with Crippen molar-refractivity contribution in [3.8, 4) is 5.88 Å². The predicted octanol–water partition coefficient (Wildman–Crippen LogP) is 2.30. The van der Waals surface area contributed by atoms with Crippen LogP contribution in [0.2, 0.25) is 0 Å². The third-order valence-electron chi connectivity index (χ3n) is 2.56. The average Bonchev–Trinajstić information content (AvgIpc) is 2.11. The van der Waals surface area contributed by atoms with Crippen LogP contribution in [0.15, 0.2) is 12.3 Å². The number of nitrogens with zero attached hydrogens (tertiary/aromatic N) is 1. The molecule has 0 radical (unpaired) electrons. The van der Waals surface area contributed by atoms with Crippen molar-refractivity contribution >= 4 is 0 Å². The van der Waals surface area contributed by atoms with Crippen molar-refractivity contribution in [1.82, 2.24) is 4.98 Å². The Hall–Kier alpha value is -1.16. The van der Waals surface area contributed by atoms with Gasteiger partial charge < -0.3 is 9.47 Å². The van der Waals surface area contributed by atoms with Crippen LogP contribution in [-0.4, -0.2) is 24.3 Å². The smallest absolute Gasteiger partial charge is 0.250 e. The minimum Gasteiger partial charge on any atom is -0.467 e. The highest BCUT2D eigenvalue weighted by atomic mass is 19.1. The van der Waals surface area contributed by atoms with Crippen LogP contribution in [0.5, 0.6) is 5.88 Å². The van der Waals surface area contributed by atoms with Gasteiger partial charge in [-0.1, -0.05) is 20.8 Å². The summed E-state index contributed by atoms with van der Waals surface area (Å²) in [4.78, 5) is 4.01. The zero-order chi connectivity index (χ0) is 11.8. The van der Waals surface area contributed by atoms with Crippen molar-refractivity contribution in [2.45, 2.75) is 32.3 Å². The van der Waals surface area contributed by atoms with E-state index in [1.807, 2.05) is 20.8 Å². The maximum absolute atomic E-state index is 13.7. The van der Waals surface area contributed by atoms with Gasteiger partial charge in [-0.25, -0.2) is 9.37 Å². The molecule has 0 aliphatic carbocycles. The number of pyridine rings is 1. The zero-order valence-corrected chi connectivity index (χ0v) is 9.79. The normalized spacial score (nSPS) is 17.0. The summed E-state index contributed by atoms with van der Waals surface area (Å²) < 4.78 is 24.0. The molecule has 16 heavy (non-hydrogen) atoms. The van der Waals surface area contributed by atoms with Crippen LogP contribution in [0.4, 0.5) is 4.39 Å². The number of rotatable bonds is 2. The van der Waals surface area contributed by atoms with Gasteiger partial charge in [0.2, 0.25) is 0 Å². The van der Waals surface area contributed by atoms with Crippen LogP contribution in [0.3, 0.4) is 0 Å². The lowest BCUT2D eigenvalue weighted by Crippen LogP contribution is -2.39. The van der Waals surface area contributed by atoms with Crippen LogP contribution in [0.25, 0.3) is 0 Å². The molecule has 1 aromatic heterocycles. The molecule has 0 N–H and O–H groups in total. The molecule has 0 amide bonds. The number of aromatic nitrogens is 1. The van der Waals surface area contributed by atoms with E-state index in [4.69, 9.17) is 9.47 Å². The standard InChI is InChI=1S/C12H16FNO2/c1-12(2,3)8-4-10(13)11(14-5-8)16-9-6-15-7-9/h4-5,9H,6-7H2,1-3H3. The Morgan fingerprint density at radius 3 is 2.56 bits per heavy atom. The molecule has 1 fully saturated rings. The Bertz CT molecular complexity index is 383. The number of hydrogen-bond donors (Lipinski definition) is 0. The lowest BCUT2D eigenvalue weighted by Gasteiger charge is -2.26. The maximum atomic E-state index is 13.7. The SMILES string of the molecule is CC(C)(C)c1cnc(OC2COC2)c(F)c1. The van der Waals surface area contributed by atoms with Crippen LogP contribution >= 0.6 is 0 Å². The molecule has 2 heterocycles. The molecule has 0 saturated carbocycles. The van der Waals surface area contributed by atoms with Gasteiger partial charge in [-0.2, -0.15) is 0 Å². The Morgan fingerprint density at radius 2 is 2.12 bits per heavy atom. The molecule has 0 aromatic carbocycles. The van der Waals surface area contributed by atoms with Gasteiger partial charge in [0, 0.05) is 6.20 Å². The largest absolute Gasteiger partial charge is 0.467 e. The lowest BCUT2D eigenvalue weighted by molar-refractivity contribution is -0.0826. The van der Waals surface area contributed by atoms with Gasteiger partial charge >= 0.3 is 0 Å². The fourth-order valence-electron chi connectivity index (χ4n) is 1.36. The second-order valence-electron chi connectivity index (χ2n) is 5.04. The highest BCUT2D eigenvalue weighted by Crippen LogP contribution is 2.25. The summed E-state index contributed by atoms with van der Waals surface area (Å²) >= 11 is 0. The first-order chi connectivity index (χ1) is 7.47. The van der Waals surface area contributed by atoms with Crippen LogP contribution < -0.4 is 4.74 Å². The summed E-state index contributed by atoms with van der Waals surface area (Å²) in [6.07, 6.45) is 1.61. The molecule has 1 aliphatic rings. The zero-order valence-electron chi connectivity index (χ0n) is 9.79. The molecule has 4 heteroatoms. The molecule has 88 valence electrons. The van der Waals surface area contributed by atoms with Gasteiger partial charge in [-0.05, 0) is 17.0 Å². The van der Waals surface area contributed by atoms with Crippen LogP contribution in [-0.2, 0) is 10.2 Å². The quantitative estimate of drug-likeness (QED) is 0.774. The van der Waals surface area contributed by atoms with Gasteiger partial charge in [0.05, 0.1) is 13.2 Å². The van der Waals surface area contributed by atoms with E-state index in [0.717, 1.165) is 5.56 Å². The maximum Gasteiger partial charge on any atom is 0.250 e. The Labute approximate surface area is 94.6 Å². The number of ether oxygens (including phenoxy) is 2. The topological polar surface area (TPSA) is 31.4 Å². The molecule has 0 unspecified atom stereocenters. The third-order valence-corrected chi connectivity index (χ3v) is 2.56. The van der Waals surface area contributed by atoms with Crippen molar-refractivity contribution in [1.29, 1.82) is 0 Å². The second-order valence-corrected chi connectivity index (χ2v) is 5.04. The predicted molar refractivity (Wildman–Crippen MR) is 58.1 cm³/mol. The van der Waals surface area contributed by atoms with Crippen molar-refractivity contribution in [3.63, 3.8) is 0 Å². The van der Waals surface area contributed by atoms with E-state index >= 15 is 0 Å². The fourth-order valence-corrected chi connectivity index (χ4v) is 1.36. The van der Waals surface area contributed by atoms with Gasteiger partial charge in [-0.15, -0.1) is 0 Å². The molecule has 1 aliphatic heterocycles. The van der Waals surface area contributed by atoms with E-state index in [0.29, 0.717) is 13.2 Å². The van der Waals surface area contributed by atoms with E-state index in [2.05, 4.69) is 4.98 Å². The highest BCUT2D eigenvalue weighted by molar-refractivity contribution is 5.25. The van der Waals surface area contributed by atoms with Crippen molar-refractivity contribution in [2.75, 3.05) is 13.2 Å². The summed E-state index contributed by atoms with van der Waals surface area (Å²) in [5.74, 6) is -0.333. The molecule has 0 atom stereocenters. The molecule has 3 nitrogen and oxygen atoms in total. The third kappa shape index (κ3) is 2.32. The molecule has 0 bridgehead atoms. The summed E-state index contributed by atoms with van der Waals surface area (Å²) in [6.45, 7) is 7.08. The molecule has 1 aromatic rings. The Morgan fingerprint density at radius 1 is 1.44 bits per heavy atom. The lowest BCUT2D eigenvalue weighted by atomic mass is 9.88. The summed E-state index contributed by atoms with van der Waals surface area (Å²) in [6, 6.07) is 1.49. The van der Waals surface area contributed by atoms with Crippen molar-refractivity contribution < 1.29 is 13.9 Å². The molecular formula is C12H16FNO2. The first-order valence-corrected chi connectivity index (χ1v) is 5.37. The number of hydrogen-bond acceptors (Lipinski definition) is 3. The van der Waals surface area contributed by atoms with Crippen LogP contribution in [0, 0.1) is 5.82 Å². The molecule has 1 saturated heterocycles. The Kier molecular flexibility index (Phi) is 2.84. The van der Waals surface area contributed by atoms with E-state index in [1.165, 1.54) is 6.07 Å². The van der Waals surface area contributed by atoms with E-state index in [-0.39, 0.29) is 17.4 Å². The van der Waals surface area contributed by atoms with Crippen molar-refractivity contribution in [3.05, 3.63) is 23.6 Å². The average molecular weight is 225 g/mol. The van der Waals surface area contributed by atoms with E-state index in [9.17, 15) is 4.39 Å². The monoisotopic (exact) mass is 225 g/mol. The fraction of sp³-hybridized carbons (Fsp3) is 0.583. The van der Waals surface area contributed by atoms with E-state index in [1.54, 1.807) is 6.20 Å². The van der Waals surface area contributed by atoms with Gasteiger partial charge in [-0.3, -0.25) is 0 Å². The van der Waals surface area contributed by atoms with Gasteiger partial charge in [0.1, 0.15) is 6.10 Å². The summed E-state index contributed by atoms with van der Waals surface area (Å²) in [5.41, 5.74) is 0.758. The van der Waals surface area contributed by atoms with Gasteiger partial charge in [0.15, 0.2) is 5.82 Å². The minimum atomic E-state index is -0.403. The molecular weight excluding hydrogens is 209 g/mol. The number of halogens is 1. The van der Waals surface area contributed by atoms with E-state index < -0.39 is 5.82 Å². The van der Waals surface area contributed by atoms with Crippen LogP contribution in [0.1, 0.15) is 26.3 Å². The summed E-state index contributed by atoms with van der Waals surface area (Å²) in [5, 5.41) is 0. The van der Waals surface area contributed by atoms with Gasteiger partial charge in [0.25, 0.3) is 5.88 Å². The Balaban J connectivity index is 2.15. The minimum absolute atomic E-state index is 0.0533. The highest BCUT2D eigenvalue weighted by Gasteiger charge is 2.23. The summed E-state index contributed by atoms with van der Waals surface area (Å²) in [7, 11) is 0. The second kappa shape index (κ2) is 4.01. The first kappa shape index (κ1) is 11.3. The van der Waals surface area contributed by atoms with Crippen molar-refractivity contribution in [2.24, 2.45) is 0 Å². The molecule has 0 spiro atoms. The first-order valence-electron chi connectivity index (χ1n) is 5.37. The molecule has 2 rings (SSSR count).